The minimum atomic E-state index is -4.22. The third-order valence-electron chi connectivity index (χ3n) is 8.13. The van der Waals surface area contributed by atoms with Crippen molar-refractivity contribution in [1.82, 2.24) is 14.9 Å². The lowest BCUT2D eigenvalue weighted by Gasteiger charge is -2.30. The number of hydrogen-bond donors (Lipinski definition) is 4. The van der Waals surface area contributed by atoms with Crippen molar-refractivity contribution in [2.45, 2.75) is 55.1 Å². The average Bonchev–Trinajstić information content (AvgIpc) is 3.55. The van der Waals surface area contributed by atoms with Crippen molar-refractivity contribution in [3.8, 4) is 0 Å². The first-order chi connectivity index (χ1) is 22.4. The number of benzene rings is 3. The summed E-state index contributed by atoms with van der Waals surface area (Å²) in [4.78, 5) is 47.6. The number of amides is 2. The highest BCUT2D eigenvalue weighted by molar-refractivity contribution is 7.89. The highest BCUT2D eigenvalue weighted by Gasteiger charge is 2.39. The molecule has 252 valence electrons. The molecule has 3 aromatic rings. The van der Waals surface area contributed by atoms with E-state index < -0.39 is 40.0 Å². The largest absolute Gasteiger partial charge is 0.377 e. The highest BCUT2D eigenvalue weighted by atomic mass is 35.5. The van der Waals surface area contributed by atoms with Crippen LogP contribution in [0.15, 0.2) is 76.6 Å². The number of fused-ring (bicyclic) bond motifs is 1. The first-order valence-corrected chi connectivity index (χ1v) is 17.4. The maximum Gasteiger partial charge on any atom is 0.243 e. The Morgan fingerprint density at radius 3 is 2.38 bits per heavy atom. The van der Waals surface area contributed by atoms with Crippen molar-refractivity contribution in [2.24, 2.45) is 16.5 Å². The average molecular weight is 684 g/mol. The SMILES string of the molecule is CN(C)c1cccc2c(S(=O)(=O)N[C@@H](Cc3ccccc3)C(=O)N3CCC[C@H]3C(=O)N[C@@H](CCCN=C(N)N)C(=O)CCl)cccc12. The first-order valence-electron chi connectivity index (χ1n) is 15.4. The number of carbonyl (C=O) groups excluding carboxylic acids is 3. The van der Waals surface area contributed by atoms with E-state index >= 15 is 0 Å². The van der Waals surface area contributed by atoms with Crippen molar-refractivity contribution in [3.63, 3.8) is 0 Å². The monoisotopic (exact) mass is 683 g/mol. The van der Waals surface area contributed by atoms with Crippen LogP contribution in [-0.4, -0.2) is 88.1 Å². The van der Waals surface area contributed by atoms with Gasteiger partial charge in [-0.25, -0.2) is 8.42 Å². The molecule has 47 heavy (non-hydrogen) atoms. The first kappa shape index (κ1) is 35.7. The molecule has 0 saturated carbocycles. The van der Waals surface area contributed by atoms with Gasteiger partial charge >= 0.3 is 0 Å². The lowest BCUT2D eigenvalue weighted by molar-refractivity contribution is -0.140. The number of sulfonamides is 1. The molecular formula is C33H42ClN7O5S. The molecule has 1 aliphatic heterocycles. The van der Waals surface area contributed by atoms with Crippen molar-refractivity contribution < 1.29 is 22.8 Å². The summed E-state index contributed by atoms with van der Waals surface area (Å²) in [5, 5.41) is 4.03. The summed E-state index contributed by atoms with van der Waals surface area (Å²) >= 11 is 5.82. The Morgan fingerprint density at radius 2 is 1.70 bits per heavy atom. The second-order valence-electron chi connectivity index (χ2n) is 11.7. The molecule has 6 N–H and O–H groups in total. The molecule has 1 heterocycles. The summed E-state index contributed by atoms with van der Waals surface area (Å²) in [6.07, 6.45) is 1.63. The lowest BCUT2D eigenvalue weighted by Crippen LogP contribution is -2.55. The zero-order valence-corrected chi connectivity index (χ0v) is 28.1. The fraction of sp³-hybridized carbons (Fsp3) is 0.394. The van der Waals surface area contributed by atoms with E-state index in [0.717, 1.165) is 16.6 Å². The van der Waals surface area contributed by atoms with Gasteiger partial charge in [-0.2, -0.15) is 4.72 Å². The van der Waals surface area contributed by atoms with E-state index in [9.17, 15) is 22.8 Å². The van der Waals surface area contributed by atoms with Crippen LogP contribution in [0.5, 0.6) is 0 Å². The maximum absolute atomic E-state index is 14.2. The molecule has 0 spiro atoms. The molecule has 0 aliphatic carbocycles. The van der Waals surface area contributed by atoms with Crippen LogP contribution in [0.1, 0.15) is 31.2 Å². The van der Waals surface area contributed by atoms with Crippen molar-refractivity contribution in [2.75, 3.05) is 38.0 Å². The zero-order valence-electron chi connectivity index (χ0n) is 26.6. The number of likely N-dealkylation sites (tertiary alicyclic amines) is 1. The minimum absolute atomic E-state index is 0.0448. The Balaban J connectivity index is 1.61. The Bertz CT molecular complexity index is 1710. The van der Waals surface area contributed by atoms with E-state index in [0.29, 0.717) is 24.6 Å². The van der Waals surface area contributed by atoms with E-state index in [4.69, 9.17) is 23.1 Å². The molecule has 4 rings (SSSR count). The van der Waals surface area contributed by atoms with Crippen LogP contribution in [0.4, 0.5) is 5.69 Å². The van der Waals surface area contributed by atoms with E-state index in [1.54, 1.807) is 18.2 Å². The third-order valence-corrected chi connectivity index (χ3v) is 9.92. The second-order valence-corrected chi connectivity index (χ2v) is 13.6. The predicted octanol–water partition coefficient (Wildman–Crippen LogP) is 2.13. The topological polar surface area (TPSA) is 180 Å². The summed E-state index contributed by atoms with van der Waals surface area (Å²) in [7, 11) is -0.456. The van der Waals surface area contributed by atoms with E-state index in [1.807, 2.05) is 61.5 Å². The summed E-state index contributed by atoms with van der Waals surface area (Å²) in [6, 6.07) is 16.6. The van der Waals surface area contributed by atoms with Crippen LogP contribution in [-0.2, 0) is 30.8 Å². The van der Waals surface area contributed by atoms with Gasteiger partial charge in [-0.1, -0.05) is 54.6 Å². The molecule has 1 fully saturated rings. The number of hydrogen-bond acceptors (Lipinski definition) is 7. The maximum atomic E-state index is 14.2. The molecule has 3 atom stereocenters. The summed E-state index contributed by atoms with van der Waals surface area (Å²) in [5.74, 6) is -1.78. The molecule has 2 amide bonds. The number of halogens is 1. The fourth-order valence-electron chi connectivity index (χ4n) is 5.85. The van der Waals surface area contributed by atoms with Gasteiger partial charge in [0.25, 0.3) is 0 Å². The predicted molar refractivity (Wildman–Crippen MR) is 185 cm³/mol. The van der Waals surface area contributed by atoms with Crippen LogP contribution in [0.2, 0.25) is 0 Å². The van der Waals surface area contributed by atoms with Crippen LogP contribution in [0.3, 0.4) is 0 Å². The van der Waals surface area contributed by atoms with Gasteiger partial charge in [-0.3, -0.25) is 19.4 Å². The van der Waals surface area contributed by atoms with E-state index in [1.165, 1.54) is 11.0 Å². The Hall–Kier alpha value is -4.20. The molecule has 0 radical (unpaired) electrons. The normalized spacial score (nSPS) is 16.0. The highest BCUT2D eigenvalue weighted by Crippen LogP contribution is 2.30. The number of rotatable bonds is 15. The van der Waals surface area contributed by atoms with Crippen LogP contribution in [0, 0.1) is 0 Å². The quantitative estimate of drug-likeness (QED) is 0.0814. The number of Topliss-reactive ketones (excluding diaryl/α,β-unsaturated/α-hetero) is 1. The molecule has 1 aliphatic rings. The van der Waals surface area contributed by atoms with Gasteiger partial charge in [0.1, 0.15) is 12.1 Å². The molecular weight excluding hydrogens is 642 g/mol. The van der Waals surface area contributed by atoms with Crippen molar-refractivity contribution in [1.29, 1.82) is 0 Å². The van der Waals surface area contributed by atoms with Gasteiger partial charge < -0.3 is 26.6 Å². The van der Waals surface area contributed by atoms with Crippen molar-refractivity contribution in [3.05, 3.63) is 72.3 Å². The number of ketones is 1. The van der Waals surface area contributed by atoms with Crippen LogP contribution in [0.25, 0.3) is 10.8 Å². The Labute approximate surface area is 280 Å². The molecule has 3 aromatic carbocycles. The Morgan fingerprint density at radius 1 is 1.00 bits per heavy atom. The number of guanidine groups is 1. The standard InChI is InChI=1S/C33H42ClN7O5S/c1-40(2)27-15-6-13-24-23(27)12-7-17-30(24)47(45,46)39-26(20-22-10-4-3-5-11-22)32(44)41-19-9-16-28(41)31(43)38-25(29(42)21-34)14-8-18-37-33(35)36/h3-7,10-13,15,17,25-26,28,39H,8-9,14,16,18-21H2,1-2H3,(H,38,43)(H4,35,36,37)/t25-,26-,28-/m0/s1. The summed E-state index contributed by atoms with van der Waals surface area (Å²) in [5.41, 5.74) is 12.3. The van der Waals surface area contributed by atoms with Crippen molar-refractivity contribution >= 4 is 61.6 Å². The molecule has 1 saturated heterocycles. The summed E-state index contributed by atoms with van der Waals surface area (Å²) in [6.45, 7) is 0.524. The van der Waals surface area contributed by atoms with E-state index in [-0.39, 0.29) is 48.4 Å². The molecule has 0 aromatic heterocycles. The third kappa shape index (κ3) is 8.99. The lowest BCUT2D eigenvalue weighted by atomic mass is 10.0. The number of alkyl halides is 1. The van der Waals surface area contributed by atoms with Gasteiger partial charge in [-0.05, 0) is 49.8 Å². The molecule has 0 unspecified atom stereocenters. The number of nitrogens with one attached hydrogen (secondary N) is 2. The van der Waals surface area contributed by atoms with Gasteiger partial charge in [0, 0.05) is 43.6 Å². The minimum Gasteiger partial charge on any atom is -0.377 e. The number of aliphatic imine (C=N–C) groups is 1. The molecule has 14 heteroatoms. The van der Waals surface area contributed by atoms with Gasteiger partial charge in [0.2, 0.25) is 21.8 Å². The zero-order chi connectivity index (χ0) is 34.1. The fourth-order valence-corrected chi connectivity index (χ4v) is 7.45. The van der Waals surface area contributed by atoms with E-state index in [2.05, 4.69) is 15.0 Å². The van der Waals surface area contributed by atoms with Gasteiger partial charge in [-0.15, -0.1) is 11.6 Å². The van der Waals surface area contributed by atoms with Gasteiger partial charge in [0.05, 0.1) is 16.8 Å². The molecule has 12 nitrogen and oxygen atoms in total. The number of anilines is 1. The van der Waals surface area contributed by atoms with Crippen LogP contribution >= 0.6 is 11.6 Å². The number of nitrogens with zero attached hydrogens (tertiary/aromatic N) is 3. The Kier molecular flexibility index (Phi) is 12.2. The smallest absolute Gasteiger partial charge is 0.243 e. The summed E-state index contributed by atoms with van der Waals surface area (Å²) < 4.78 is 30.7. The van der Waals surface area contributed by atoms with Gasteiger partial charge in [0.15, 0.2) is 11.7 Å². The number of carbonyl (C=O) groups is 3. The van der Waals surface area contributed by atoms with Crippen LogP contribution < -0.4 is 26.4 Å². The second kappa shape index (κ2) is 16.1. The molecule has 0 bridgehead atoms. The number of nitrogens with two attached hydrogens (primary N) is 2.